The molecule has 1 saturated carbocycles. The van der Waals surface area contributed by atoms with Crippen molar-refractivity contribution in [1.82, 2.24) is 10.3 Å². The van der Waals surface area contributed by atoms with E-state index in [4.69, 9.17) is 0 Å². The third-order valence-electron chi connectivity index (χ3n) is 3.45. The van der Waals surface area contributed by atoms with Crippen molar-refractivity contribution in [3.05, 3.63) is 22.3 Å². The van der Waals surface area contributed by atoms with Crippen LogP contribution in [0.4, 0.5) is 5.82 Å². The number of aryl methyl sites for hydroxylation is 1. The highest BCUT2D eigenvalue weighted by Crippen LogP contribution is 2.25. The summed E-state index contributed by atoms with van der Waals surface area (Å²) in [5, 5.41) is 6.89. The Morgan fingerprint density at radius 3 is 2.47 bits per heavy atom. The van der Waals surface area contributed by atoms with Crippen molar-refractivity contribution in [2.75, 3.05) is 12.4 Å². The Hall–Kier alpha value is -0.610. The lowest BCUT2D eigenvalue weighted by Gasteiger charge is -2.29. The van der Waals surface area contributed by atoms with Gasteiger partial charge in [0.15, 0.2) is 0 Å². The average Bonchev–Trinajstić information content (AvgIpc) is 2.34. The van der Waals surface area contributed by atoms with Crippen LogP contribution in [0.15, 0.2) is 16.7 Å². The largest absolute Gasteiger partial charge is 0.366 e. The number of anilines is 1. The summed E-state index contributed by atoms with van der Waals surface area (Å²) in [6.07, 6.45) is 6.84. The summed E-state index contributed by atoms with van der Waals surface area (Å²) < 4.78 is 1.06. The molecule has 1 aromatic heterocycles. The fourth-order valence-electron chi connectivity index (χ4n) is 2.36. The Morgan fingerprint density at radius 2 is 1.88 bits per heavy atom. The highest BCUT2D eigenvalue weighted by atomic mass is 79.9. The summed E-state index contributed by atoms with van der Waals surface area (Å²) in [6.45, 7) is 2.06. The van der Waals surface area contributed by atoms with E-state index >= 15 is 0 Å². The monoisotopic (exact) mass is 297 g/mol. The molecule has 17 heavy (non-hydrogen) atoms. The summed E-state index contributed by atoms with van der Waals surface area (Å²) in [7, 11) is 2.05. The Labute approximate surface area is 112 Å². The predicted octanol–water partition coefficient (Wildman–Crippen LogP) is 3.10. The molecular weight excluding hydrogens is 278 g/mol. The van der Waals surface area contributed by atoms with E-state index in [9.17, 15) is 0 Å². The summed E-state index contributed by atoms with van der Waals surface area (Å²) in [5.41, 5.74) is 1.18. The first-order valence-corrected chi connectivity index (χ1v) is 7.04. The molecule has 0 amide bonds. The van der Waals surface area contributed by atoms with Gasteiger partial charge in [0.25, 0.3) is 0 Å². The second-order valence-electron chi connectivity index (χ2n) is 4.82. The molecule has 0 radical (unpaired) electrons. The van der Waals surface area contributed by atoms with Crippen LogP contribution in [0.2, 0.25) is 0 Å². The number of nitrogens with zero attached hydrogens (tertiary/aromatic N) is 1. The van der Waals surface area contributed by atoms with Crippen LogP contribution in [-0.4, -0.2) is 24.1 Å². The molecule has 4 heteroatoms. The molecule has 1 aliphatic rings. The minimum Gasteiger partial charge on any atom is -0.366 e. The van der Waals surface area contributed by atoms with Gasteiger partial charge in [-0.25, -0.2) is 4.98 Å². The maximum Gasteiger partial charge on any atom is 0.140 e. The van der Waals surface area contributed by atoms with Crippen LogP contribution in [0.3, 0.4) is 0 Å². The van der Waals surface area contributed by atoms with E-state index in [1.807, 2.05) is 6.20 Å². The SMILES string of the molecule is CNC1CCC(Nc2ncc(C)cc2Br)CC1. The maximum absolute atomic E-state index is 4.44. The molecule has 1 aliphatic carbocycles. The summed E-state index contributed by atoms with van der Waals surface area (Å²) in [6, 6.07) is 3.36. The molecule has 3 nitrogen and oxygen atoms in total. The van der Waals surface area contributed by atoms with Crippen molar-refractivity contribution < 1.29 is 0 Å². The Balaban J connectivity index is 1.93. The van der Waals surface area contributed by atoms with Crippen LogP contribution in [-0.2, 0) is 0 Å². The van der Waals surface area contributed by atoms with E-state index in [2.05, 4.69) is 51.6 Å². The van der Waals surface area contributed by atoms with Gasteiger partial charge in [0.05, 0.1) is 4.47 Å². The first kappa shape index (κ1) is 12.8. The van der Waals surface area contributed by atoms with Gasteiger partial charge in [0, 0.05) is 18.3 Å². The Morgan fingerprint density at radius 1 is 1.24 bits per heavy atom. The lowest BCUT2D eigenvalue weighted by Crippen LogP contribution is -2.35. The molecule has 1 aromatic rings. The van der Waals surface area contributed by atoms with Gasteiger partial charge in [0.2, 0.25) is 0 Å². The topological polar surface area (TPSA) is 37.0 Å². The van der Waals surface area contributed by atoms with Crippen LogP contribution < -0.4 is 10.6 Å². The molecular formula is C13H20BrN3. The van der Waals surface area contributed by atoms with Gasteiger partial charge < -0.3 is 10.6 Å². The lowest BCUT2D eigenvalue weighted by molar-refractivity contribution is 0.371. The lowest BCUT2D eigenvalue weighted by atomic mass is 9.91. The number of pyridine rings is 1. The van der Waals surface area contributed by atoms with E-state index in [0.29, 0.717) is 12.1 Å². The summed E-state index contributed by atoms with van der Waals surface area (Å²) in [5.74, 6) is 0.975. The zero-order chi connectivity index (χ0) is 12.3. The Bertz CT molecular complexity index is 373. The maximum atomic E-state index is 4.44. The molecule has 0 aliphatic heterocycles. The number of rotatable bonds is 3. The molecule has 0 aromatic carbocycles. The second kappa shape index (κ2) is 5.83. The van der Waals surface area contributed by atoms with Crippen LogP contribution in [0.25, 0.3) is 0 Å². The predicted molar refractivity (Wildman–Crippen MR) is 75.4 cm³/mol. The first-order valence-electron chi connectivity index (χ1n) is 6.25. The molecule has 94 valence electrons. The van der Waals surface area contributed by atoms with Crippen LogP contribution in [0.1, 0.15) is 31.2 Å². The first-order chi connectivity index (χ1) is 8.19. The molecule has 2 rings (SSSR count). The van der Waals surface area contributed by atoms with Crippen molar-refractivity contribution in [3.63, 3.8) is 0 Å². The molecule has 0 atom stereocenters. The number of hydrogen-bond donors (Lipinski definition) is 2. The second-order valence-corrected chi connectivity index (χ2v) is 5.68. The van der Waals surface area contributed by atoms with Gasteiger partial charge in [-0.3, -0.25) is 0 Å². The third-order valence-corrected chi connectivity index (χ3v) is 4.06. The van der Waals surface area contributed by atoms with Gasteiger partial charge in [0.1, 0.15) is 5.82 Å². The highest BCUT2D eigenvalue weighted by Gasteiger charge is 2.20. The van der Waals surface area contributed by atoms with E-state index in [1.54, 1.807) is 0 Å². The minimum atomic E-state index is 0.561. The standard InChI is InChI=1S/C13H20BrN3/c1-9-7-12(14)13(16-8-9)17-11-5-3-10(15-2)4-6-11/h7-8,10-11,15H,3-6H2,1-2H3,(H,16,17). The number of aromatic nitrogens is 1. The third kappa shape index (κ3) is 3.42. The molecule has 2 N–H and O–H groups in total. The Kier molecular flexibility index (Phi) is 4.40. The van der Waals surface area contributed by atoms with Crippen molar-refractivity contribution in [2.24, 2.45) is 0 Å². The fraction of sp³-hybridized carbons (Fsp3) is 0.615. The van der Waals surface area contributed by atoms with E-state index < -0.39 is 0 Å². The van der Waals surface area contributed by atoms with E-state index in [1.165, 1.54) is 31.2 Å². The number of hydrogen-bond acceptors (Lipinski definition) is 3. The van der Waals surface area contributed by atoms with Gasteiger partial charge >= 0.3 is 0 Å². The van der Waals surface area contributed by atoms with Crippen molar-refractivity contribution in [1.29, 1.82) is 0 Å². The molecule has 0 bridgehead atoms. The van der Waals surface area contributed by atoms with Gasteiger partial charge in [-0.2, -0.15) is 0 Å². The van der Waals surface area contributed by atoms with E-state index in [-0.39, 0.29) is 0 Å². The molecule has 0 unspecified atom stereocenters. The van der Waals surface area contributed by atoms with E-state index in [0.717, 1.165) is 10.3 Å². The molecule has 0 saturated heterocycles. The zero-order valence-electron chi connectivity index (χ0n) is 10.5. The van der Waals surface area contributed by atoms with Crippen LogP contribution in [0.5, 0.6) is 0 Å². The van der Waals surface area contributed by atoms with Gasteiger partial charge in [-0.05, 0) is 67.2 Å². The van der Waals surface area contributed by atoms with Crippen molar-refractivity contribution in [3.8, 4) is 0 Å². The quantitative estimate of drug-likeness (QED) is 0.900. The fourth-order valence-corrected chi connectivity index (χ4v) is 2.94. The molecule has 0 spiro atoms. The normalized spacial score (nSPS) is 24.6. The van der Waals surface area contributed by atoms with Crippen LogP contribution >= 0.6 is 15.9 Å². The number of nitrogens with one attached hydrogen (secondary N) is 2. The highest BCUT2D eigenvalue weighted by molar-refractivity contribution is 9.10. The summed E-state index contributed by atoms with van der Waals surface area (Å²) >= 11 is 3.56. The van der Waals surface area contributed by atoms with Gasteiger partial charge in [-0.1, -0.05) is 0 Å². The molecule has 1 heterocycles. The van der Waals surface area contributed by atoms with Crippen LogP contribution in [0, 0.1) is 6.92 Å². The zero-order valence-corrected chi connectivity index (χ0v) is 12.0. The number of halogens is 1. The van der Waals surface area contributed by atoms with Crippen molar-refractivity contribution >= 4 is 21.7 Å². The average molecular weight is 298 g/mol. The molecule has 1 fully saturated rings. The van der Waals surface area contributed by atoms with Crippen molar-refractivity contribution in [2.45, 2.75) is 44.7 Å². The van der Waals surface area contributed by atoms with Gasteiger partial charge in [-0.15, -0.1) is 0 Å². The minimum absolute atomic E-state index is 0.561. The summed E-state index contributed by atoms with van der Waals surface area (Å²) in [4.78, 5) is 4.44. The smallest absolute Gasteiger partial charge is 0.140 e.